The Balaban J connectivity index is 1.75. The third-order valence-electron chi connectivity index (χ3n) is 3.93. The molecule has 158 valence electrons. The Bertz CT molecular complexity index is 1200. The second-order valence-corrected chi connectivity index (χ2v) is 6.94. The number of aromatic nitrogens is 1. The molecule has 2 aromatic carbocycles. The summed E-state index contributed by atoms with van der Waals surface area (Å²) in [5.41, 5.74) is -0.328. The number of anilines is 3. The van der Waals surface area contributed by atoms with Gasteiger partial charge in [-0.3, -0.25) is 24.6 Å². The minimum absolute atomic E-state index is 0.0454. The van der Waals surface area contributed by atoms with Crippen molar-refractivity contribution < 1.29 is 23.3 Å². The highest BCUT2D eigenvalue weighted by Gasteiger charge is 2.20. The fraction of sp³-hybridized carbons (Fsp3) is 0.0500. The molecule has 1 heterocycles. The number of thiazole rings is 1. The van der Waals surface area contributed by atoms with Crippen molar-refractivity contribution in [3.63, 3.8) is 0 Å². The first kappa shape index (κ1) is 21.7. The van der Waals surface area contributed by atoms with Crippen LogP contribution < -0.4 is 10.2 Å². The summed E-state index contributed by atoms with van der Waals surface area (Å²) in [7, 11) is 0. The van der Waals surface area contributed by atoms with E-state index >= 15 is 0 Å². The van der Waals surface area contributed by atoms with E-state index in [1.165, 1.54) is 37.3 Å². The number of rotatable bonds is 6. The molecule has 11 heteroatoms. The molecule has 0 spiro atoms. The predicted octanol–water partition coefficient (Wildman–Crippen LogP) is 4.67. The number of hydrogen-bond acceptors (Lipinski definition) is 6. The lowest BCUT2D eigenvalue weighted by molar-refractivity contribution is -0.387. The molecule has 0 unspecified atom stereocenters. The molecule has 0 aliphatic heterocycles. The van der Waals surface area contributed by atoms with Gasteiger partial charge in [0.2, 0.25) is 17.6 Å². The molecule has 31 heavy (non-hydrogen) atoms. The summed E-state index contributed by atoms with van der Waals surface area (Å²) in [6.45, 7) is 1.28. The van der Waals surface area contributed by atoms with Crippen LogP contribution in [0.1, 0.15) is 12.6 Å². The number of nitro benzene ring substituents is 1. The monoisotopic (exact) mass is 444 g/mol. The SMILES string of the molecule is CC(=O)N(c1nc(/C=C/C(=O)Nc2ccc(F)c([N+](=O)[O-])c2)cs1)c1ccccc1F. The smallest absolute Gasteiger partial charge is 0.306 e. The van der Waals surface area contributed by atoms with Gasteiger partial charge < -0.3 is 5.32 Å². The number of para-hydroxylation sites is 1. The van der Waals surface area contributed by atoms with E-state index in [0.717, 1.165) is 34.4 Å². The standard InChI is InChI=1S/C20H14F2N4O4S/c1-12(27)25(17-5-3-2-4-15(17)21)20-24-14(11-31-20)7-9-19(28)23-13-6-8-16(22)18(10-13)26(29)30/h2-11H,1H3,(H,23,28)/b9-7+. The van der Waals surface area contributed by atoms with Gasteiger partial charge in [0.1, 0.15) is 5.82 Å². The summed E-state index contributed by atoms with van der Waals surface area (Å²) in [6, 6.07) is 8.74. The van der Waals surface area contributed by atoms with Gasteiger partial charge in [-0.1, -0.05) is 12.1 Å². The van der Waals surface area contributed by atoms with Gasteiger partial charge in [-0.2, -0.15) is 4.39 Å². The van der Waals surface area contributed by atoms with E-state index in [2.05, 4.69) is 10.3 Å². The van der Waals surface area contributed by atoms with E-state index < -0.39 is 34.1 Å². The molecule has 0 aliphatic carbocycles. The summed E-state index contributed by atoms with van der Waals surface area (Å²) in [6.07, 6.45) is 2.47. The van der Waals surface area contributed by atoms with Crippen molar-refractivity contribution in [1.82, 2.24) is 4.98 Å². The summed E-state index contributed by atoms with van der Waals surface area (Å²) in [5.74, 6) is -2.67. The van der Waals surface area contributed by atoms with Crippen LogP contribution in [0.25, 0.3) is 6.08 Å². The van der Waals surface area contributed by atoms with Gasteiger partial charge in [0, 0.05) is 30.1 Å². The average molecular weight is 444 g/mol. The van der Waals surface area contributed by atoms with Gasteiger partial charge >= 0.3 is 5.69 Å². The Morgan fingerprint density at radius 3 is 2.61 bits per heavy atom. The largest absolute Gasteiger partial charge is 0.322 e. The number of benzene rings is 2. The van der Waals surface area contributed by atoms with Crippen LogP contribution in [-0.2, 0) is 9.59 Å². The Morgan fingerprint density at radius 2 is 1.94 bits per heavy atom. The lowest BCUT2D eigenvalue weighted by Crippen LogP contribution is -2.23. The Hall–Kier alpha value is -3.99. The van der Waals surface area contributed by atoms with Crippen molar-refractivity contribution in [1.29, 1.82) is 0 Å². The second kappa shape index (κ2) is 9.22. The first-order chi connectivity index (χ1) is 14.8. The molecule has 1 aromatic heterocycles. The third kappa shape index (κ3) is 5.14. The normalized spacial score (nSPS) is 10.8. The first-order valence-electron chi connectivity index (χ1n) is 8.70. The van der Waals surface area contributed by atoms with E-state index in [0.29, 0.717) is 5.69 Å². The van der Waals surface area contributed by atoms with Crippen LogP contribution in [0.3, 0.4) is 0 Å². The van der Waals surface area contributed by atoms with Gasteiger partial charge in [0.05, 0.1) is 16.3 Å². The molecule has 2 amide bonds. The Morgan fingerprint density at radius 1 is 1.19 bits per heavy atom. The van der Waals surface area contributed by atoms with Gasteiger partial charge in [-0.05, 0) is 30.3 Å². The Kier molecular flexibility index (Phi) is 6.46. The second-order valence-electron chi connectivity index (χ2n) is 6.11. The van der Waals surface area contributed by atoms with Crippen LogP contribution in [0.5, 0.6) is 0 Å². The molecule has 1 N–H and O–H groups in total. The lowest BCUT2D eigenvalue weighted by Gasteiger charge is -2.18. The summed E-state index contributed by atoms with van der Waals surface area (Å²) >= 11 is 1.08. The maximum atomic E-state index is 14.1. The van der Waals surface area contributed by atoms with Crippen LogP contribution in [0.15, 0.2) is 53.9 Å². The number of halogens is 2. The van der Waals surface area contributed by atoms with E-state index in [1.54, 1.807) is 11.4 Å². The predicted molar refractivity (Wildman–Crippen MR) is 112 cm³/mol. The average Bonchev–Trinajstić information content (AvgIpc) is 3.17. The van der Waals surface area contributed by atoms with Crippen LogP contribution in [0.4, 0.5) is 31.0 Å². The zero-order chi connectivity index (χ0) is 22.5. The van der Waals surface area contributed by atoms with Crippen molar-refractivity contribution in [3.8, 4) is 0 Å². The minimum atomic E-state index is -1.02. The molecule has 0 radical (unpaired) electrons. The van der Waals surface area contributed by atoms with Crippen molar-refractivity contribution in [2.24, 2.45) is 0 Å². The molecule has 3 rings (SSSR count). The third-order valence-corrected chi connectivity index (χ3v) is 4.77. The van der Waals surface area contributed by atoms with E-state index in [4.69, 9.17) is 0 Å². The Labute approximate surface area is 178 Å². The highest BCUT2D eigenvalue weighted by Crippen LogP contribution is 2.31. The molecule has 8 nitrogen and oxygen atoms in total. The maximum absolute atomic E-state index is 14.1. The number of hydrogen-bond donors (Lipinski definition) is 1. The summed E-state index contributed by atoms with van der Waals surface area (Å²) in [4.78, 5) is 39.3. The molecular formula is C20H14F2N4O4S. The molecule has 0 aliphatic rings. The highest BCUT2D eigenvalue weighted by molar-refractivity contribution is 7.14. The van der Waals surface area contributed by atoms with Gasteiger partial charge in [0.25, 0.3) is 0 Å². The molecule has 0 saturated carbocycles. The quantitative estimate of drug-likeness (QED) is 0.338. The molecule has 0 fully saturated rings. The van der Waals surface area contributed by atoms with Gasteiger partial charge in [-0.15, -0.1) is 11.3 Å². The van der Waals surface area contributed by atoms with Crippen molar-refractivity contribution in [3.05, 3.63) is 81.4 Å². The van der Waals surface area contributed by atoms with Crippen molar-refractivity contribution >= 4 is 51.4 Å². The molecule has 0 atom stereocenters. The fourth-order valence-corrected chi connectivity index (χ4v) is 3.42. The maximum Gasteiger partial charge on any atom is 0.306 e. The topological polar surface area (TPSA) is 105 Å². The lowest BCUT2D eigenvalue weighted by atomic mass is 10.2. The van der Waals surface area contributed by atoms with Crippen LogP contribution in [0.2, 0.25) is 0 Å². The van der Waals surface area contributed by atoms with Crippen LogP contribution in [0, 0.1) is 21.7 Å². The minimum Gasteiger partial charge on any atom is -0.322 e. The van der Waals surface area contributed by atoms with Crippen molar-refractivity contribution in [2.45, 2.75) is 6.92 Å². The number of carbonyl (C=O) groups is 2. The number of nitrogens with one attached hydrogen (secondary N) is 1. The molecule has 0 saturated heterocycles. The summed E-state index contributed by atoms with van der Waals surface area (Å²) < 4.78 is 27.5. The van der Waals surface area contributed by atoms with E-state index in [-0.39, 0.29) is 16.5 Å². The fourth-order valence-electron chi connectivity index (χ4n) is 2.57. The summed E-state index contributed by atoms with van der Waals surface area (Å²) in [5, 5.41) is 14.9. The van der Waals surface area contributed by atoms with E-state index in [1.807, 2.05) is 0 Å². The number of nitro groups is 1. The highest BCUT2D eigenvalue weighted by atomic mass is 32.1. The van der Waals surface area contributed by atoms with Crippen LogP contribution >= 0.6 is 11.3 Å². The van der Waals surface area contributed by atoms with Gasteiger partial charge in [-0.25, -0.2) is 9.37 Å². The number of carbonyl (C=O) groups excluding carboxylic acids is 2. The zero-order valence-electron chi connectivity index (χ0n) is 15.9. The van der Waals surface area contributed by atoms with Crippen LogP contribution in [-0.4, -0.2) is 21.7 Å². The number of amides is 2. The first-order valence-corrected chi connectivity index (χ1v) is 9.58. The molecule has 0 bridgehead atoms. The van der Waals surface area contributed by atoms with Gasteiger partial charge in [0.15, 0.2) is 5.13 Å². The van der Waals surface area contributed by atoms with E-state index in [9.17, 15) is 28.5 Å². The number of nitrogens with zero attached hydrogens (tertiary/aromatic N) is 3. The molecule has 3 aromatic rings. The zero-order valence-corrected chi connectivity index (χ0v) is 16.7. The molecular weight excluding hydrogens is 430 g/mol. The van der Waals surface area contributed by atoms with Crippen molar-refractivity contribution in [2.75, 3.05) is 10.2 Å².